The van der Waals surface area contributed by atoms with Crippen LogP contribution in [0.25, 0.3) is 0 Å². The standard InChI is InChI=1S/C10H13NO3S/c1-12-8-5-10-9(13-6-15-10)4-7(8)2-3-14-11/h4-5H,2-3,6,11H2,1H3. The van der Waals surface area contributed by atoms with E-state index in [1.807, 2.05) is 12.1 Å². The van der Waals surface area contributed by atoms with Gasteiger partial charge in [-0.25, -0.2) is 5.90 Å². The number of hydrogen-bond acceptors (Lipinski definition) is 5. The quantitative estimate of drug-likeness (QED) is 0.791. The maximum absolute atomic E-state index is 5.45. The maximum atomic E-state index is 5.45. The minimum absolute atomic E-state index is 0.474. The van der Waals surface area contributed by atoms with Crippen LogP contribution < -0.4 is 15.4 Å². The summed E-state index contributed by atoms with van der Waals surface area (Å²) >= 11 is 1.67. The number of methoxy groups -OCH3 is 1. The zero-order valence-corrected chi connectivity index (χ0v) is 9.30. The number of fused-ring (bicyclic) bond motifs is 1. The highest BCUT2D eigenvalue weighted by Crippen LogP contribution is 2.40. The van der Waals surface area contributed by atoms with Gasteiger partial charge in [-0.2, -0.15) is 0 Å². The molecule has 1 heterocycles. The third-order valence-corrected chi connectivity index (χ3v) is 3.13. The van der Waals surface area contributed by atoms with Gasteiger partial charge in [0.15, 0.2) is 0 Å². The molecule has 4 nitrogen and oxygen atoms in total. The molecular formula is C10H13NO3S. The van der Waals surface area contributed by atoms with Gasteiger partial charge >= 0.3 is 0 Å². The first-order valence-electron chi connectivity index (χ1n) is 4.63. The van der Waals surface area contributed by atoms with E-state index < -0.39 is 0 Å². The highest BCUT2D eigenvalue weighted by atomic mass is 32.2. The summed E-state index contributed by atoms with van der Waals surface area (Å²) in [5, 5.41) is 0. The van der Waals surface area contributed by atoms with Crippen molar-refractivity contribution in [3.8, 4) is 11.5 Å². The fraction of sp³-hybridized carbons (Fsp3) is 0.400. The second-order valence-corrected chi connectivity index (χ2v) is 4.10. The average Bonchev–Trinajstić information content (AvgIpc) is 2.71. The highest BCUT2D eigenvalue weighted by Gasteiger charge is 2.16. The van der Waals surface area contributed by atoms with E-state index in [2.05, 4.69) is 4.84 Å². The minimum atomic E-state index is 0.474. The maximum Gasteiger partial charge on any atom is 0.138 e. The first-order valence-corrected chi connectivity index (χ1v) is 5.62. The normalized spacial score (nSPS) is 13.5. The molecule has 1 aliphatic heterocycles. The molecule has 2 rings (SSSR count). The predicted molar refractivity (Wildman–Crippen MR) is 58.2 cm³/mol. The molecule has 15 heavy (non-hydrogen) atoms. The van der Waals surface area contributed by atoms with Crippen LogP contribution in [0.4, 0.5) is 0 Å². The van der Waals surface area contributed by atoms with Crippen LogP contribution in [0.3, 0.4) is 0 Å². The zero-order chi connectivity index (χ0) is 10.7. The molecule has 0 atom stereocenters. The first-order chi connectivity index (χ1) is 7.35. The number of rotatable bonds is 4. The summed E-state index contributed by atoms with van der Waals surface area (Å²) in [5.41, 5.74) is 1.06. The van der Waals surface area contributed by atoms with Gasteiger partial charge in [0.05, 0.1) is 18.6 Å². The van der Waals surface area contributed by atoms with Gasteiger partial charge in [0, 0.05) is 12.0 Å². The Morgan fingerprint density at radius 3 is 3.13 bits per heavy atom. The monoisotopic (exact) mass is 227 g/mol. The van der Waals surface area contributed by atoms with Crippen molar-refractivity contribution in [2.24, 2.45) is 5.90 Å². The fourth-order valence-corrected chi connectivity index (χ4v) is 2.28. The van der Waals surface area contributed by atoms with Crippen LogP contribution in [0, 0.1) is 0 Å². The Morgan fingerprint density at radius 2 is 2.40 bits per heavy atom. The topological polar surface area (TPSA) is 53.7 Å². The minimum Gasteiger partial charge on any atom is -0.496 e. The Hall–Kier alpha value is -0.910. The smallest absolute Gasteiger partial charge is 0.138 e. The zero-order valence-electron chi connectivity index (χ0n) is 8.49. The van der Waals surface area contributed by atoms with E-state index in [1.165, 1.54) is 0 Å². The lowest BCUT2D eigenvalue weighted by Crippen LogP contribution is -2.05. The van der Waals surface area contributed by atoms with Gasteiger partial charge in [-0.1, -0.05) is 11.8 Å². The van der Waals surface area contributed by atoms with E-state index in [9.17, 15) is 0 Å². The van der Waals surface area contributed by atoms with Crippen LogP contribution >= 0.6 is 11.8 Å². The molecule has 1 aromatic rings. The van der Waals surface area contributed by atoms with Gasteiger partial charge in [0.25, 0.3) is 0 Å². The fourth-order valence-electron chi connectivity index (χ4n) is 1.52. The van der Waals surface area contributed by atoms with Crippen LogP contribution in [0.5, 0.6) is 11.5 Å². The third-order valence-electron chi connectivity index (χ3n) is 2.26. The Balaban J connectivity index is 2.27. The molecule has 0 saturated carbocycles. The number of hydrogen-bond donors (Lipinski definition) is 1. The van der Waals surface area contributed by atoms with Crippen molar-refractivity contribution in [3.63, 3.8) is 0 Å². The van der Waals surface area contributed by atoms with E-state index >= 15 is 0 Å². The van der Waals surface area contributed by atoms with Crippen LogP contribution in [-0.2, 0) is 11.3 Å². The molecule has 2 N–H and O–H groups in total. The number of ether oxygens (including phenoxy) is 2. The lowest BCUT2D eigenvalue weighted by Gasteiger charge is -2.09. The average molecular weight is 227 g/mol. The number of thioether (sulfide) groups is 1. The van der Waals surface area contributed by atoms with Crippen molar-refractivity contribution in [1.29, 1.82) is 0 Å². The lowest BCUT2D eigenvalue weighted by atomic mass is 10.1. The van der Waals surface area contributed by atoms with Crippen LogP contribution in [0.15, 0.2) is 17.0 Å². The van der Waals surface area contributed by atoms with Crippen LogP contribution in [-0.4, -0.2) is 19.7 Å². The van der Waals surface area contributed by atoms with E-state index in [4.69, 9.17) is 15.4 Å². The second kappa shape index (κ2) is 4.74. The summed E-state index contributed by atoms with van der Waals surface area (Å²) in [6, 6.07) is 3.99. The Morgan fingerprint density at radius 1 is 1.53 bits per heavy atom. The van der Waals surface area contributed by atoms with Crippen LogP contribution in [0.2, 0.25) is 0 Å². The van der Waals surface area contributed by atoms with Crippen molar-refractivity contribution in [2.75, 3.05) is 19.7 Å². The van der Waals surface area contributed by atoms with Crippen molar-refractivity contribution < 1.29 is 14.3 Å². The summed E-state index contributed by atoms with van der Waals surface area (Å²) in [5.74, 6) is 7.47. The summed E-state index contributed by atoms with van der Waals surface area (Å²) in [4.78, 5) is 5.69. The Labute approximate surface area is 92.6 Å². The molecule has 0 spiro atoms. The molecule has 0 aliphatic carbocycles. The van der Waals surface area contributed by atoms with Gasteiger partial charge in [-0.15, -0.1) is 0 Å². The van der Waals surface area contributed by atoms with E-state index in [0.29, 0.717) is 12.5 Å². The van der Waals surface area contributed by atoms with Gasteiger partial charge in [-0.05, 0) is 12.1 Å². The van der Waals surface area contributed by atoms with Gasteiger partial charge < -0.3 is 14.3 Å². The summed E-state index contributed by atoms with van der Waals surface area (Å²) in [7, 11) is 1.66. The van der Waals surface area contributed by atoms with E-state index in [-0.39, 0.29) is 0 Å². The molecular weight excluding hydrogens is 214 g/mol. The number of nitrogens with two attached hydrogens (primary N) is 1. The van der Waals surface area contributed by atoms with Crippen LogP contribution in [0.1, 0.15) is 5.56 Å². The molecule has 1 aliphatic rings. The molecule has 0 amide bonds. The van der Waals surface area contributed by atoms with E-state index in [0.717, 1.165) is 28.4 Å². The Bertz CT molecular complexity index is 357. The van der Waals surface area contributed by atoms with Gasteiger partial charge in [0.2, 0.25) is 0 Å². The first kappa shape index (κ1) is 10.6. The second-order valence-electron chi connectivity index (χ2n) is 3.14. The SMILES string of the molecule is COc1cc2c(cc1CCON)OCS2. The lowest BCUT2D eigenvalue weighted by molar-refractivity contribution is 0.140. The molecule has 0 aromatic heterocycles. The molecule has 0 unspecified atom stereocenters. The molecule has 82 valence electrons. The number of benzene rings is 1. The molecule has 0 bridgehead atoms. The summed E-state index contributed by atoms with van der Waals surface area (Å²) < 4.78 is 10.8. The van der Waals surface area contributed by atoms with Gasteiger partial charge in [-0.3, -0.25) is 0 Å². The Kier molecular flexibility index (Phi) is 3.35. The van der Waals surface area contributed by atoms with Crippen molar-refractivity contribution >= 4 is 11.8 Å². The van der Waals surface area contributed by atoms with Crippen molar-refractivity contribution in [3.05, 3.63) is 17.7 Å². The van der Waals surface area contributed by atoms with E-state index in [1.54, 1.807) is 18.9 Å². The molecule has 0 radical (unpaired) electrons. The van der Waals surface area contributed by atoms with Gasteiger partial charge in [0.1, 0.15) is 17.4 Å². The molecule has 5 heteroatoms. The highest BCUT2D eigenvalue weighted by molar-refractivity contribution is 7.99. The molecule has 0 fully saturated rings. The summed E-state index contributed by atoms with van der Waals surface area (Å²) in [6.45, 7) is 0.474. The predicted octanol–water partition coefficient (Wildman–Crippen LogP) is 1.57. The summed E-state index contributed by atoms with van der Waals surface area (Å²) in [6.07, 6.45) is 0.723. The van der Waals surface area contributed by atoms with Crippen molar-refractivity contribution in [2.45, 2.75) is 11.3 Å². The molecule has 0 saturated heterocycles. The van der Waals surface area contributed by atoms with Crippen molar-refractivity contribution in [1.82, 2.24) is 0 Å². The molecule has 1 aromatic carbocycles. The largest absolute Gasteiger partial charge is 0.496 e. The third kappa shape index (κ3) is 2.19.